The molecule has 0 aliphatic carbocycles. The van der Waals surface area contributed by atoms with Crippen LogP contribution in [0.15, 0.2) is 102 Å². The fourth-order valence-electron chi connectivity index (χ4n) is 4.81. The summed E-state index contributed by atoms with van der Waals surface area (Å²) in [7, 11) is -3.94. The van der Waals surface area contributed by atoms with Gasteiger partial charge in [-0.15, -0.1) is 0 Å². The predicted molar refractivity (Wildman–Crippen MR) is 174 cm³/mol. The van der Waals surface area contributed by atoms with E-state index in [2.05, 4.69) is 5.32 Å². The zero-order chi connectivity index (χ0) is 31.0. The maximum absolute atomic E-state index is 14.0. The topological polar surface area (TPSA) is 104 Å². The van der Waals surface area contributed by atoms with Crippen LogP contribution < -0.4 is 9.62 Å². The van der Waals surface area contributed by atoms with Crippen molar-refractivity contribution in [1.82, 2.24) is 5.32 Å². The monoisotopic (exact) mass is 616 g/mol. The average molecular weight is 617 g/mol. The third-order valence-electron chi connectivity index (χ3n) is 7.27. The highest BCUT2D eigenvalue weighted by Crippen LogP contribution is 2.31. The van der Waals surface area contributed by atoms with Crippen molar-refractivity contribution in [3.05, 3.63) is 119 Å². The average Bonchev–Trinajstić information content (AvgIpc) is 3.02. The van der Waals surface area contributed by atoms with Crippen LogP contribution in [0.4, 0.5) is 5.69 Å². The first-order valence-corrected chi connectivity index (χ1v) is 16.9. The van der Waals surface area contributed by atoms with E-state index in [0.717, 1.165) is 23.1 Å². The number of hydrogen-bond acceptors (Lipinski definition) is 5. The summed E-state index contributed by atoms with van der Waals surface area (Å²) < 4.78 is 29.4. The molecule has 0 aromatic heterocycles. The molecule has 4 aromatic rings. The smallest absolute Gasteiger partial charge is 0.326 e. The summed E-state index contributed by atoms with van der Waals surface area (Å²) in [6.07, 6.45) is 2.98. The largest absolute Gasteiger partial charge is 0.480 e. The second-order valence-electron chi connectivity index (χ2n) is 10.2. The van der Waals surface area contributed by atoms with Crippen molar-refractivity contribution in [3.63, 3.8) is 0 Å². The molecule has 0 saturated heterocycles. The minimum absolute atomic E-state index is 0.0220. The van der Waals surface area contributed by atoms with E-state index in [-0.39, 0.29) is 11.4 Å². The van der Waals surface area contributed by atoms with Gasteiger partial charge in [0.2, 0.25) is 0 Å². The van der Waals surface area contributed by atoms with Gasteiger partial charge in [0.1, 0.15) is 6.04 Å². The molecule has 0 heterocycles. The number of carboxylic acids is 1. The van der Waals surface area contributed by atoms with E-state index >= 15 is 0 Å². The molecule has 0 fully saturated rings. The fourth-order valence-corrected chi connectivity index (χ4v) is 6.74. The zero-order valence-electron chi connectivity index (χ0n) is 24.5. The Labute approximate surface area is 258 Å². The molecule has 224 valence electrons. The number of hydrogen-bond donors (Lipinski definition) is 2. The Hall–Kier alpha value is -4.08. The number of carbonyl (C=O) groups excluding carboxylic acids is 1. The normalized spacial score (nSPS) is 12.0. The summed E-state index contributed by atoms with van der Waals surface area (Å²) in [6.45, 7) is 3.97. The standard InChI is InChI=1S/C34H36N2O5S2/c1-4-25-14-17-28(18-15-25)43(40,41)36(27-11-6-5-7-12-27)23-26-16-19-30(31(22-26)29-13-9-8-10-24(29)2)33(37)35-32(34(38)39)20-21-42-3/h5-19,22,32H,4,20-21,23H2,1-3H3,(H,35,37)(H,38,39)/t32-/m0/s1. The molecule has 1 atom stereocenters. The third-order valence-corrected chi connectivity index (χ3v) is 9.70. The molecule has 0 saturated carbocycles. The first kappa shape index (κ1) is 31.8. The summed E-state index contributed by atoms with van der Waals surface area (Å²) >= 11 is 1.51. The Balaban J connectivity index is 1.78. The lowest BCUT2D eigenvalue weighted by atomic mass is 9.93. The van der Waals surface area contributed by atoms with Crippen molar-refractivity contribution in [1.29, 1.82) is 0 Å². The number of amides is 1. The molecule has 7 nitrogen and oxygen atoms in total. The highest BCUT2D eigenvalue weighted by molar-refractivity contribution is 7.98. The summed E-state index contributed by atoms with van der Waals surface area (Å²) in [5.41, 5.74) is 4.87. The van der Waals surface area contributed by atoms with Crippen molar-refractivity contribution in [3.8, 4) is 11.1 Å². The summed E-state index contributed by atoms with van der Waals surface area (Å²) in [6, 6.07) is 27.6. The first-order chi connectivity index (χ1) is 20.6. The number of aliphatic carboxylic acids is 1. The summed E-state index contributed by atoms with van der Waals surface area (Å²) in [5, 5.41) is 12.4. The van der Waals surface area contributed by atoms with E-state index < -0.39 is 27.9 Å². The van der Waals surface area contributed by atoms with Crippen molar-refractivity contribution in [2.75, 3.05) is 16.3 Å². The number of thioether (sulfide) groups is 1. The van der Waals surface area contributed by atoms with Gasteiger partial charge in [-0.25, -0.2) is 13.2 Å². The van der Waals surface area contributed by atoms with Gasteiger partial charge >= 0.3 is 5.97 Å². The molecule has 0 spiro atoms. The highest BCUT2D eigenvalue weighted by Gasteiger charge is 2.27. The van der Waals surface area contributed by atoms with E-state index in [1.54, 1.807) is 48.5 Å². The Morgan fingerprint density at radius 2 is 1.53 bits per heavy atom. The number of para-hydroxylation sites is 1. The maximum Gasteiger partial charge on any atom is 0.326 e. The van der Waals surface area contributed by atoms with E-state index in [1.165, 1.54) is 16.1 Å². The van der Waals surface area contributed by atoms with Crippen LogP contribution in [-0.4, -0.2) is 43.5 Å². The summed E-state index contributed by atoms with van der Waals surface area (Å²) in [5.74, 6) is -1.000. The van der Waals surface area contributed by atoms with Gasteiger partial charge in [-0.3, -0.25) is 9.10 Å². The Bertz CT molecular complexity index is 1670. The van der Waals surface area contributed by atoms with Gasteiger partial charge in [0.05, 0.1) is 17.1 Å². The molecule has 0 bridgehead atoms. The van der Waals surface area contributed by atoms with Crippen LogP contribution in [0.2, 0.25) is 0 Å². The lowest BCUT2D eigenvalue weighted by Gasteiger charge is -2.25. The van der Waals surface area contributed by atoms with E-state index in [4.69, 9.17) is 0 Å². The number of carboxylic acid groups (broad SMARTS) is 1. The fraction of sp³-hybridized carbons (Fsp3) is 0.235. The molecule has 43 heavy (non-hydrogen) atoms. The number of anilines is 1. The van der Waals surface area contributed by atoms with Crippen molar-refractivity contribution in [2.24, 2.45) is 0 Å². The molecule has 1 amide bonds. The molecule has 4 rings (SSSR count). The Morgan fingerprint density at radius 3 is 2.16 bits per heavy atom. The molecule has 9 heteroatoms. The van der Waals surface area contributed by atoms with E-state index in [9.17, 15) is 23.1 Å². The van der Waals surface area contributed by atoms with Gasteiger partial charge in [-0.1, -0.05) is 67.6 Å². The van der Waals surface area contributed by atoms with Crippen molar-refractivity contribution in [2.45, 2.75) is 44.2 Å². The quantitative estimate of drug-likeness (QED) is 0.176. The third kappa shape index (κ3) is 7.66. The number of nitrogens with one attached hydrogen (secondary N) is 1. The van der Waals surface area contributed by atoms with Crippen LogP contribution in [0.25, 0.3) is 11.1 Å². The van der Waals surface area contributed by atoms with Crippen molar-refractivity contribution >= 4 is 39.3 Å². The highest BCUT2D eigenvalue weighted by atomic mass is 32.2. The molecule has 2 N–H and O–H groups in total. The SMILES string of the molecule is CCc1ccc(S(=O)(=O)N(Cc2ccc(C(=O)N[C@@H](CCSC)C(=O)O)c(-c3ccccc3C)c2)c2ccccc2)cc1. The Morgan fingerprint density at radius 1 is 0.884 bits per heavy atom. The number of carbonyl (C=O) groups is 2. The number of rotatable bonds is 13. The van der Waals surface area contributed by atoms with Gasteiger partial charge in [0, 0.05) is 5.56 Å². The molecule has 0 unspecified atom stereocenters. The molecule has 0 radical (unpaired) electrons. The molecular weight excluding hydrogens is 581 g/mol. The first-order valence-electron chi connectivity index (χ1n) is 14.0. The number of nitrogens with zero attached hydrogens (tertiary/aromatic N) is 1. The minimum atomic E-state index is -3.94. The lowest BCUT2D eigenvalue weighted by molar-refractivity contribution is -0.139. The van der Waals surface area contributed by atoms with Crippen LogP contribution in [0, 0.1) is 6.92 Å². The molecule has 0 aliphatic rings. The van der Waals surface area contributed by atoms with Crippen LogP contribution in [0.3, 0.4) is 0 Å². The zero-order valence-corrected chi connectivity index (χ0v) is 26.1. The predicted octanol–water partition coefficient (Wildman–Crippen LogP) is 6.56. The number of aryl methyl sites for hydroxylation is 2. The van der Waals surface area contributed by atoms with E-state index in [1.807, 2.05) is 68.6 Å². The van der Waals surface area contributed by atoms with Gasteiger partial charge < -0.3 is 10.4 Å². The summed E-state index contributed by atoms with van der Waals surface area (Å²) in [4.78, 5) is 25.5. The maximum atomic E-state index is 14.0. The molecule has 0 aliphatic heterocycles. The van der Waals surface area contributed by atoms with Gasteiger partial charge in [-0.2, -0.15) is 11.8 Å². The number of benzene rings is 4. The van der Waals surface area contributed by atoms with Crippen LogP contribution in [0.5, 0.6) is 0 Å². The van der Waals surface area contributed by atoms with Crippen LogP contribution in [0.1, 0.15) is 40.4 Å². The van der Waals surface area contributed by atoms with E-state index in [0.29, 0.717) is 34.6 Å². The van der Waals surface area contributed by atoms with Crippen molar-refractivity contribution < 1.29 is 23.1 Å². The molecule has 4 aromatic carbocycles. The molecular formula is C34H36N2O5S2. The number of sulfonamides is 1. The van der Waals surface area contributed by atoms with Gasteiger partial charge in [-0.05, 0) is 96.0 Å². The minimum Gasteiger partial charge on any atom is -0.480 e. The van der Waals surface area contributed by atoms with Gasteiger partial charge in [0.25, 0.3) is 15.9 Å². The van der Waals surface area contributed by atoms with Crippen LogP contribution >= 0.6 is 11.8 Å². The Kier molecular flexibility index (Phi) is 10.7. The second kappa shape index (κ2) is 14.4. The second-order valence-corrected chi connectivity index (χ2v) is 13.0. The van der Waals surface area contributed by atoms with Gasteiger partial charge in [0.15, 0.2) is 0 Å². The lowest BCUT2D eigenvalue weighted by Crippen LogP contribution is -2.41. The van der Waals surface area contributed by atoms with Crippen LogP contribution in [-0.2, 0) is 27.8 Å².